The van der Waals surface area contributed by atoms with E-state index in [9.17, 15) is 22.0 Å². The summed E-state index contributed by atoms with van der Waals surface area (Å²) >= 11 is 0. The molecular formula is C11H8F5N3. The molecule has 0 aliphatic heterocycles. The van der Waals surface area contributed by atoms with Crippen LogP contribution in [0.2, 0.25) is 0 Å². The van der Waals surface area contributed by atoms with Gasteiger partial charge in [-0.1, -0.05) is 6.92 Å². The van der Waals surface area contributed by atoms with E-state index >= 15 is 0 Å². The second-order valence-electron chi connectivity index (χ2n) is 3.79. The van der Waals surface area contributed by atoms with Gasteiger partial charge in [0.25, 0.3) is 0 Å². The number of aryl methyl sites for hydroxylation is 1. The van der Waals surface area contributed by atoms with Crippen LogP contribution in [0, 0.1) is 29.1 Å². The molecule has 0 aliphatic rings. The van der Waals surface area contributed by atoms with E-state index in [4.69, 9.17) is 0 Å². The van der Waals surface area contributed by atoms with Crippen LogP contribution in [0.15, 0.2) is 6.33 Å². The molecule has 0 bridgehead atoms. The van der Waals surface area contributed by atoms with Gasteiger partial charge in [0.1, 0.15) is 6.33 Å². The molecule has 1 aromatic carbocycles. The SMILES string of the molecule is CCCn1cnnc1-c1c(F)c(F)c(F)c(F)c1F. The smallest absolute Gasteiger partial charge is 0.200 e. The molecule has 0 spiro atoms. The number of halogens is 5. The highest BCUT2D eigenvalue weighted by Crippen LogP contribution is 2.30. The summed E-state index contributed by atoms with van der Waals surface area (Å²) in [6.07, 6.45) is 1.75. The monoisotopic (exact) mass is 277 g/mol. The zero-order chi connectivity index (χ0) is 14.2. The summed E-state index contributed by atoms with van der Waals surface area (Å²) in [5.74, 6) is -10.4. The number of nitrogens with zero attached hydrogens (tertiary/aromatic N) is 3. The summed E-state index contributed by atoms with van der Waals surface area (Å²) in [5, 5.41) is 6.84. The van der Waals surface area contributed by atoms with Gasteiger partial charge in [0.15, 0.2) is 29.1 Å². The van der Waals surface area contributed by atoms with E-state index in [1.54, 1.807) is 6.92 Å². The van der Waals surface area contributed by atoms with Gasteiger partial charge in [-0.05, 0) is 6.42 Å². The van der Waals surface area contributed by atoms with Crippen molar-refractivity contribution in [2.45, 2.75) is 19.9 Å². The largest absolute Gasteiger partial charge is 0.313 e. The average molecular weight is 277 g/mol. The van der Waals surface area contributed by atoms with Gasteiger partial charge in [-0.3, -0.25) is 0 Å². The fraction of sp³-hybridized carbons (Fsp3) is 0.273. The molecule has 0 saturated carbocycles. The van der Waals surface area contributed by atoms with Gasteiger partial charge in [0, 0.05) is 6.54 Å². The number of benzene rings is 1. The fourth-order valence-corrected chi connectivity index (χ4v) is 1.65. The Labute approximate surface area is 104 Å². The van der Waals surface area contributed by atoms with Crippen molar-refractivity contribution in [2.75, 3.05) is 0 Å². The highest BCUT2D eigenvalue weighted by molar-refractivity contribution is 5.57. The first kappa shape index (κ1) is 13.4. The summed E-state index contributed by atoms with van der Waals surface area (Å²) < 4.78 is 67.5. The van der Waals surface area contributed by atoms with Crippen molar-refractivity contribution in [1.82, 2.24) is 14.8 Å². The van der Waals surface area contributed by atoms with Gasteiger partial charge in [-0.25, -0.2) is 22.0 Å². The van der Waals surface area contributed by atoms with Crippen molar-refractivity contribution in [1.29, 1.82) is 0 Å². The zero-order valence-corrected chi connectivity index (χ0v) is 9.72. The van der Waals surface area contributed by atoms with E-state index < -0.39 is 40.5 Å². The Morgan fingerprint density at radius 1 is 0.947 bits per heavy atom. The second-order valence-corrected chi connectivity index (χ2v) is 3.79. The van der Waals surface area contributed by atoms with Crippen LogP contribution in [0.5, 0.6) is 0 Å². The van der Waals surface area contributed by atoms with Gasteiger partial charge in [0.2, 0.25) is 5.82 Å². The molecule has 3 nitrogen and oxygen atoms in total. The highest BCUT2D eigenvalue weighted by atomic mass is 19.2. The standard InChI is InChI=1S/C11H8F5N3/c1-2-3-19-4-17-18-11(19)5-6(12)8(14)10(16)9(15)7(5)13/h4H,2-3H2,1H3. The zero-order valence-electron chi connectivity index (χ0n) is 9.72. The maximum atomic E-state index is 13.6. The van der Waals surface area contributed by atoms with E-state index in [2.05, 4.69) is 10.2 Å². The Kier molecular flexibility index (Phi) is 3.50. The van der Waals surface area contributed by atoms with Gasteiger partial charge in [0.05, 0.1) is 5.56 Å². The summed E-state index contributed by atoms with van der Waals surface area (Å²) in [4.78, 5) is 0. The van der Waals surface area contributed by atoms with E-state index in [1.807, 2.05) is 0 Å². The van der Waals surface area contributed by atoms with Crippen molar-refractivity contribution in [3.8, 4) is 11.4 Å². The quantitative estimate of drug-likeness (QED) is 0.490. The van der Waals surface area contributed by atoms with Crippen LogP contribution in [0.3, 0.4) is 0 Å². The third-order valence-electron chi connectivity index (χ3n) is 2.51. The summed E-state index contributed by atoms with van der Waals surface area (Å²) in [5.41, 5.74) is -1.07. The van der Waals surface area contributed by atoms with Crippen LogP contribution in [0.1, 0.15) is 13.3 Å². The van der Waals surface area contributed by atoms with Crippen LogP contribution >= 0.6 is 0 Å². The Bertz CT molecular complexity index is 594. The summed E-state index contributed by atoms with van der Waals surface area (Å²) in [6.45, 7) is 2.07. The molecule has 0 atom stereocenters. The summed E-state index contributed by atoms with van der Waals surface area (Å²) in [6, 6.07) is 0. The first-order valence-corrected chi connectivity index (χ1v) is 5.38. The van der Waals surface area contributed by atoms with Crippen molar-refractivity contribution in [2.24, 2.45) is 0 Å². The van der Waals surface area contributed by atoms with Gasteiger partial charge < -0.3 is 4.57 Å². The predicted molar refractivity (Wildman–Crippen MR) is 55.5 cm³/mol. The molecule has 0 radical (unpaired) electrons. The van der Waals surface area contributed by atoms with Crippen molar-refractivity contribution in [3.05, 3.63) is 35.4 Å². The number of aromatic nitrogens is 3. The first-order valence-electron chi connectivity index (χ1n) is 5.38. The molecule has 0 saturated heterocycles. The van der Waals surface area contributed by atoms with Crippen LogP contribution in [0.4, 0.5) is 22.0 Å². The normalized spacial score (nSPS) is 11.1. The molecule has 2 rings (SSSR count). The maximum absolute atomic E-state index is 13.6. The first-order chi connectivity index (χ1) is 8.99. The Morgan fingerprint density at radius 3 is 2.00 bits per heavy atom. The molecular weight excluding hydrogens is 269 g/mol. The highest BCUT2D eigenvalue weighted by Gasteiger charge is 2.29. The lowest BCUT2D eigenvalue weighted by atomic mass is 10.1. The molecule has 0 unspecified atom stereocenters. The third-order valence-corrected chi connectivity index (χ3v) is 2.51. The van der Waals surface area contributed by atoms with E-state index in [-0.39, 0.29) is 0 Å². The average Bonchev–Trinajstić information content (AvgIpc) is 2.83. The second kappa shape index (κ2) is 4.94. The lowest BCUT2D eigenvalue weighted by Crippen LogP contribution is -2.08. The molecule has 19 heavy (non-hydrogen) atoms. The molecule has 8 heteroatoms. The molecule has 0 N–H and O–H groups in total. The third kappa shape index (κ3) is 2.06. The molecule has 0 amide bonds. The Balaban J connectivity index is 2.72. The topological polar surface area (TPSA) is 30.7 Å². The molecule has 0 aliphatic carbocycles. The van der Waals surface area contributed by atoms with Gasteiger partial charge in [-0.2, -0.15) is 0 Å². The number of rotatable bonds is 3. The van der Waals surface area contributed by atoms with Crippen molar-refractivity contribution < 1.29 is 22.0 Å². The van der Waals surface area contributed by atoms with E-state index in [0.717, 1.165) is 6.33 Å². The van der Waals surface area contributed by atoms with Crippen LogP contribution in [0.25, 0.3) is 11.4 Å². The van der Waals surface area contributed by atoms with Crippen LogP contribution in [-0.4, -0.2) is 14.8 Å². The molecule has 0 fully saturated rings. The maximum Gasteiger partial charge on any atom is 0.200 e. The van der Waals surface area contributed by atoms with E-state index in [0.29, 0.717) is 13.0 Å². The van der Waals surface area contributed by atoms with Crippen molar-refractivity contribution in [3.63, 3.8) is 0 Å². The molecule has 2 aromatic rings. The minimum absolute atomic E-state index is 0.293. The van der Waals surface area contributed by atoms with Crippen molar-refractivity contribution >= 4 is 0 Å². The van der Waals surface area contributed by atoms with Crippen LogP contribution in [-0.2, 0) is 6.54 Å². The van der Waals surface area contributed by atoms with Crippen LogP contribution < -0.4 is 0 Å². The van der Waals surface area contributed by atoms with Gasteiger partial charge in [-0.15, -0.1) is 10.2 Å². The minimum atomic E-state index is -2.19. The predicted octanol–water partition coefficient (Wildman–Crippen LogP) is 3.05. The number of hydrogen-bond acceptors (Lipinski definition) is 2. The Hall–Kier alpha value is -1.99. The molecule has 102 valence electrons. The van der Waals surface area contributed by atoms with E-state index in [1.165, 1.54) is 4.57 Å². The Morgan fingerprint density at radius 2 is 1.47 bits per heavy atom. The number of hydrogen-bond donors (Lipinski definition) is 0. The molecule has 1 heterocycles. The van der Waals surface area contributed by atoms with Gasteiger partial charge >= 0.3 is 0 Å². The minimum Gasteiger partial charge on any atom is -0.313 e. The summed E-state index contributed by atoms with van der Waals surface area (Å²) in [7, 11) is 0. The lowest BCUT2D eigenvalue weighted by Gasteiger charge is -2.09. The fourth-order valence-electron chi connectivity index (χ4n) is 1.65. The molecule has 1 aromatic heterocycles. The lowest BCUT2D eigenvalue weighted by molar-refractivity contribution is 0.380.